The van der Waals surface area contributed by atoms with Crippen LogP contribution >= 0.6 is 0 Å². The zero-order chi connectivity index (χ0) is 11.8. The molecule has 0 aliphatic rings. The Morgan fingerprint density at radius 1 is 1.44 bits per heavy atom. The number of hydrogen-bond donors (Lipinski definition) is 2. The zero-order valence-electron chi connectivity index (χ0n) is 9.11. The fourth-order valence-electron chi connectivity index (χ4n) is 1.46. The van der Waals surface area contributed by atoms with Gasteiger partial charge in [0.1, 0.15) is 5.82 Å². The Labute approximate surface area is 93.9 Å². The van der Waals surface area contributed by atoms with Gasteiger partial charge >= 0.3 is 0 Å². The van der Waals surface area contributed by atoms with Gasteiger partial charge in [-0.15, -0.1) is 0 Å². The number of nitrogens with zero attached hydrogens (tertiary/aromatic N) is 1. The number of aromatic amines is 1. The summed E-state index contributed by atoms with van der Waals surface area (Å²) < 4.78 is 24.2. The van der Waals surface area contributed by atoms with E-state index in [1.807, 2.05) is 25.1 Å². The minimum atomic E-state index is -3.18. The van der Waals surface area contributed by atoms with Gasteiger partial charge in [-0.05, 0) is 24.6 Å². The first-order valence-corrected chi connectivity index (χ1v) is 6.73. The summed E-state index contributed by atoms with van der Waals surface area (Å²) in [5.74, 6) is 0.617. The second-order valence-electron chi connectivity index (χ2n) is 3.80. The summed E-state index contributed by atoms with van der Waals surface area (Å²) in [5.41, 5.74) is 2.90. The molecule has 2 aromatic rings. The number of nitrogens with one attached hydrogen (secondary N) is 2. The van der Waals surface area contributed by atoms with Crippen LogP contribution in [-0.2, 0) is 16.6 Å². The molecule has 0 atom stereocenters. The molecule has 6 heteroatoms. The minimum Gasteiger partial charge on any atom is -0.341 e. The lowest BCUT2D eigenvalue weighted by Gasteiger charge is -1.97. The van der Waals surface area contributed by atoms with Gasteiger partial charge in [0.25, 0.3) is 0 Å². The van der Waals surface area contributed by atoms with Gasteiger partial charge in [0.05, 0.1) is 23.8 Å². The highest BCUT2D eigenvalue weighted by atomic mass is 32.2. The molecule has 16 heavy (non-hydrogen) atoms. The normalized spacial score (nSPS) is 12.1. The van der Waals surface area contributed by atoms with Crippen molar-refractivity contribution in [3.8, 4) is 0 Å². The van der Waals surface area contributed by atoms with Crippen LogP contribution in [0, 0.1) is 6.92 Å². The molecule has 0 saturated carbocycles. The number of aromatic nitrogens is 2. The quantitative estimate of drug-likeness (QED) is 0.836. The number of fused-ring (bicyclic) bond motifs is 1. The van der Waals surface area contributed by atoms with Crippen molar-refractivity contribution in [2.45, 2.75) is 13.5 Å². The standard InChI is InChI=1S/C10H13N3O2S/c1-7-3-4-8-9(5-7)13-10(12-8)6-11-16(2,14)15/h3-5,11H,6H2,1-2H3,(H,12,13). The first-order chi connectivity index (χ1) is 7.44. The number of rotatable bonds is 3. The fraction of sp³-hybridized carbons (Fsp3) is 0.300. The van der Waals surface area contributed by atoms with Crippen LogP contribution in [0.2, 0.25) is 0 Å². The van der Waals surface area contributed by atoms with Gasteiger partial charge in [0.15, 0.2) is 0 Å². The predicted octanol–water partition coefficient (Wildman–Crippen LogP) is 0.921. The molecule has 0 aliphatic carbocycles. The van der Waals surface area contributed by atoms with Gasteiger partial charge in [0.2, 0.25) is 10.0 Å². The van der Waals surface area contributed by atoms with E-state index in [1.54, 1.807) is 0 Å². The van der Waals surface area contributed by atoms with Crippen LogP contribution in [0.5, 0.6) is 0 Å². The zero-order valence-corrected chi connectivity index (χ0v) is 9.93. The summed E-state index contributed by atoms with van der Waals surface area (Å²) in [6, 6.07) is 5.86. The van der Waals surface area contributed by atoms with Crippen molar-refractivity contribution >= 4 is 21.1 Å². The lowest BCUT2D eigenvalue weighted by molar-refractivity contribution is 0.586. The van der Waals surface area contributed by atoms with E-state index in [2.05, 4.69) is 14.7 Å². The summed E-state index contributed by atoms with van der Waals surface area (Å²) in [7, 11) is -3.18. The van der Waals surface area contributed by atoms with Gasteiger partial charge in [-0.3, -0.25) is 0 Å². The van der Waals surface area contributed by atoms with Gasteiger partial charge in [-0.25, -0.2) is 18.1 Å². The third kappa shape index (κ3) is 2.59. The van der Waals surface area contributed by atoms with Crippen LogP contribution < -0.4 is 4.72 Å². The highest BCUT2D eigenvalue weighted by Gasteiger charge is 2.05. The van der Waals surface area contributed by atoms with E-state index >= 15 is 0 Å². The second-order valence-corrected chi connectivity index (χ2v) is 5.63. The maximum absolute atomic E-state index is 10.9. The summed E-state index contributed by atoms with van der Waals surface area (Å²) in [6.07, 6.45) is 1.12. The molecule has 0 spiro atoms. The van der Waals surface area contributed by atoms with Crippen molar-refractivity contribution in [2.24, 2.45) is 0 Å². The Morgan fingerprint density at radius 2 is 2.19 bits per heavy atom. The Balaban J connectivity index is 2.26. The predicted molar refractivity (Wildman–Crippen MR) is 62.5 cm³/mol. The van der Waals surface area contributed by atoms with Crippen LogP contribution in [0.4, 0.5) is 0 Å². The second kappa shape index (κ2) is 3.88. The topological polar surface area (TPSA) is 74.8 Å². The highest BCUT2D eigenvalue weighted by Crippen LogP contribution is 2.13. The van der Waals surface area contributed by atoms with Gasteiger partial charge < -0.3 is 4.98 Å². The van der Waals surface area contributed by atoms with Gasteiger partial charge in [-0.1, -0.05) is 6.07 Å². The van der Waals surface area contributed by atoms with E-state index in [4.69, 9.17) is 0 Å². The Bertz CT molecular complexity index is 616. The fourth-order valence-corrected chi connectivity index (χ4v) is 1.86. The number of aryl methyl sites for hydroxylation is 1. The molecule has 0 radical (unpaired) electrons. The maximum atomic E-state index is 10.9. The first-order valence-electron chi connectivity index (χ1n) is 4.84. The molecule has 0 saturated heterocycles. The number of H-pyrrole nitrogens is 1. The van der Waals surface area contributed by atoms with Crippen molar-refractivity contribution < 1.29 is 8.42 Å². The summed E-state index contributed by atoms with van der Waals surface area (Å²) in [4.78, 5) is 7.35. The number of hydrogen-bond acceptors (Lipinski definition) is 3. The Hall–Kier alpha value is -1.40. The average molecular weight is 239 g/mol. The van der Waals surface area contributed by atoms with Crippen molar-refractivity contribution in [1.82, 2.24) is 14.7 Å². The van der Waals surface area contributed by atoms with E-state index in [1.165, 1.54) is 0 Å². The van der Waals surface area contributed by atoms with E-state index in [-0.39, 0.29) is 6.54 Å². The lowest BCUT2D eigenvalue weighted by atomic mass is 10.2. The molecule has 0 aliphatic heterocycles. The summed E-state index contributed by atoms with van der Waals surface area (Å²) >= 11 is 0. The molecular formula is C10H13N3O2S. The molecule has 0 fully saturated rings. The molecule has 1 aromatic carbocycles. The number of benzene rings is 1. The van der Waals surface area contributed by atoms with Gasteiger partial charge in [0, 0.05) is 0 Å². The first kappa shape index (κ1) is 11.1. The Kier molecular flexibility index (Phi) is 2.69. The van der Waals surface area contributed by atoms with E-state index in [0.717, 1.165) is 22.9 Å². The molecular weight excluding hydrogens is 226 g/mol. The summed E-state index contributed by atoms with van der Waals surface area (Å²) in [6.45, 7) is 2.18. The van der Waals surface area contributed by atoms with E-state index in [0.29, 0.717) is 5.82 Å². The average Bonchev–Trinajstić information content (AvgIpc) is 2.55. The molecule has 0 amide bonds. The lowest BCUT2D eigenvalue weighted by Crippen LogP contribution is -2.21. The van der Waals surface area contributed by atoms with Crippen LogP contribution in [0.1, 0.15) is 11.4 Å². The van der Waals surface area contributed by atoms with Crippen molar-refractivity contribution in [3.63, 3.8) is 0 Å². The molecule has 1 aromatic heterocycles. The maximum Gasteiger partial charge on any atom is 0.209 e. The molecule has 1 heterocycles. The van der Waals surface area contributed by atoms with E-state index in [9.17, 15) is 8.42 Å². The number of sulfonamides is 1. The molecule has 2 N–H and O–H groups in total. The van der Waals surface area contributed by atoms with Gasteiger partial charge in [-0.2, -0.15) is 0 Å². The molecule has 5 nitrogen and oxygen atoms in total. The Morgan fingerprint density at radius 3 is 2.88 bits per heavy atom. The van der Waals surface area contributed by atoms with Crippen LogP contribution in [0.25, 0.3) is 11.0 Å². The molecule has 0 bridgehead atoms. The van der Waals surface area contributed by atoms with Crippen molar-refractivity contribution in [1.29, 1.82) is 0 Å². The molecule has 2 rings (SSSR count). The van der Waals surface area contributed by atoms with Crippen molar-refractivity contribution in [3.05, 3.63) is 29.6 Å². The van der Waals surface area contributed by atoms with E-state index < -0.39 is 10.0 Å². The third-order valence-corrected chi connectivity index (χ3v) is 2.86. The number of imidazole rings is 1. The van der Waals surface area contributed by atoms with Crippen LogP contribution in [0.3, 0.4) is 0 Å². The highest BCUT2D eigenvalue weighted by molar-refractivity contribution is 7.88. The van der Waals surface area contributed by atoms with Crippen molar-refractivity contribution in [2.75, 3.05) is 6.26 Å². The van der Waals surface area contributed by atoms with Crippen LogP contribution in [0.15, 0.2) is 18.2 Å². The largest absolute Gasteiger partial charge is 0.341 e. The SMILES string of the molecule is Cc1ccc2nc(CNS(C)(=O)=O)[nH]c2c1. The smallest absolute Gasteiger partial charge is 0.209 e. The molecule has 0 unspecified atom stereocenters. The summed E-state index contributed by atoms with van der Waals surface area (Å²) in [5, 5.41) is 0. The monoisotopic (exact) mass is 239 g/mol. The van der Waals surface area contributed by atoms with Crippen LogP contribution in [-0.4, -0.2) is 24.6 Å². The minimum absolute atomic E-state index is 0.187. The molecule has 86 valence electrons. The third-order valence-electron chi connectivity index (χ3n) is 2.19.